The number of amides is 1. The number of pyridine rings is 1. The highest BCUT2D eigenvalue weighted by atomic mass is 35.5. The summed E-state index contributed by atoms with van der Waals surface area (Å²) in [6.45, 7) is 3.78. The number of halogens is 1. The minimum Gasteiger partial charge on any atom is -0.324 e. The van der Waals surface area contributed by atoms with Crippen LogP contribution in [0.15, 0.2) is 29.3 Å². The molecule has 1 aliphatic rings. The van der Waals surface area contributed by atoms with Crippen molar-refractivity contribution in [3.8, 4) is 6.07 Å². The van der Waals surface area contributed by atoms with Crippen molar-refractivity contribution in [2.24, 2.45) is 0 Å². The predicted octanol–water partition coefficient (Wildman–Crippen LogP) is 4.52. The Kier molecular flexibility index (Phi) is 5.31. The summed E-state index contributed by atoms with van der Waals surface area (Å²) in [4.78, 5) is 17.2. The van der Waals surface area contributed by atoms with Crippen LogP contribution >= 0.6 is 23.4 Å². The molecule has 0 saturated carbocycles. The lowest BCUT2D eigenvalue weighted by molar-refractivity contribution is -0.115. The van der Waals surface area contributed by atoms with Gasteiger partial charge in [0.05, 0.1) is 21.5 Å². The monoisotopic (exact) mass is 371 g/mol. The van der Waals surface area contributed by atoms with Crippen LogP contribution in [0.5, 0.6) is 0 Å². The number of para-hydroxylation sites is 1. The first-order chi connectivity index (χ1) is 12.0. The molecule has 0 bridgehead atoms. The topological polar surface area (TPSA) is 65.8 Å². The lowest BCUT2D eigenvalue weighted by Gasteiger charge is -2.15. The third-order valence-electron chi connectivity index (χ3n) is 4.37. The van der Waals surface area contributed by atoms with Crippen LogP contribution in [0.25, 0.3) is 0 Å². The van der Waals surface area contributed by atoms with Gasteiger partial charge in [-0.15, -0.1) is 0 Å². The highest BCUT2D eigenvalue weighted by molar-refractivity contribution is 8.00. The van der Waals surface area contributed by atoms with Crippen LogP contribution in [0.3, 0.4) is 0 Å². The maximum absolute atomic E-state index is 12.5. The minimum atomic E-state index is -0.394. The molecule has 2 aromatic rings. The summed E-state index contributed by atoms with van der Waals surface area (Å²) in [5.74, 6) is -0.165. The van der Waals surface area contributed by atoms with Gasteiger partial charge in [0.1, 0.15) is 11.1 Å². The fourth-order valence-corrected chi connectivity index (χ4v) is 4.14. The van der Waals surface area contributed by atoms with Crippen LogP contribution in [0.4, 0.5) is 5.69 Å². The Morgan fingerprint density at radius 2 is 2.16 bits per heavy atom. The van der Waals surface area contributed by atoms with Crippen LogP contribution < -0.4 is 5.32 Å². The van der Waals surface area contributed by atoms with Gasteiger partial charge in [0.2, 0.25) is 5.91 Å². The van der Waals surface area contributed by atoms with Crippen LogP contribution in [0.2, 0.25) is 5.02 Å². The van der Waals surface area contributed by atoms with Crippen molar-refractivity contribution in [3.63, 3.8) is 0 Å². The van der Waals surface area contributed by atoms with E-state index in [9.17, 15) is 10.1 Å². The lowest BCUT2D eigenvalue weighted by Crippen LogP contribution is -2.23. The molecule has 6 heteroatoms. The number of carbonyl (C=O) groups excluding carboxylic acids is 1. The van der Waals surface area contributed by atoms with E-state index in [-0.39, 0.29) is 5.91 Å². The first-order valence-corrected chi connectivity index (χ1v) is 9.41. The Morgan fingerprint density at radius 3 is 2.88 bits per heavy atom. The van der Waals surface area contributed by atoms with Crippen molar-refractivity contribution in [2.75, 3.05) is 5.32 Å². The van der Waals surface area contributed by atoms with Gasteiger partial charge >= 0.3 is 0 Å². The molecule has 3 rings (SSSR count). The number of aromatic nitrogens is 1. The standard InChI is InChI=1S/C19H18ClN3OS/c1-11-13-6-5-9-16(13)23-19(14(11)10-21)25-12(2)18(24)22-17-8-4-3-7-15(17)20/h3-4,7-8,12H,5-6,9H2,1-2H3,(H,22,24). The zero-order valence-corrected chi connectivity index (χ0v) is 15.7. The minimum absolute atomic E-state index is 0.165. The number of benzene rings is 1. The summed E-state index contributed by atoms with van der Waals surface area (Å²) in [7, 11) is 0. The molecule has 1 aromatic carbocycles. The third-order valence-corrected chi connectivity index (χ3v) is 5.78. The fourth-order valence-electron chi connectivity index (χ4n) is 2.98. The summed E-state index contributed by atoms with van der Waals surface area (Å²) >= 11 is 7.41. The molecular weight excluding hydrogens is 354 g/mol. The summed E-state index contributed by atoms with van der Waals surface area (Å²) in [6, 6.07) is 9.38. The summed E-state index contributed by atoms with van der Waals surface area (Å²) in [5.41, 5.74) is 4.45. The molecule has 0 aliphatic heterocycles. The van der Waals surface area contributed by atoms with E-state index < -0.39 is 5.25 Å². The maximum atomic E-state index is 12.5. The average molecular weight is 372 g/mol. The van der Waals surface area contributed by atoms with E-state index in [2.05, 4.69) is 16.4 Å². The lowest BCUT2D eigenvalue weighted by atomic mass is 10.0. The number of hydrogen-bond acceptors (Lipinski definition) is 4. The first-order valence-electron chi connectivity index (χ1n) is 8.15. The molecule has 128 valence electrons. The van der Waals surface area contributed by atoms with Crippen molar-refractivity contribution in [2.45, 2.75) is 43.4 Å². The quantitative estimate of drug-likeness (QED) is 0.802. The highest BCUT2D eigenvalue weighted by Gasteiger charge is 2.24. The number of thioether (sulfide) groups is 1. The maximum Gasteiger partial charge on any atom is 0.237 e. The zero-order valence-electron chi connectivity index (χ0n) is 14.1. The molecular formula is C19H18ClN3OS. The van der Waals surface area contributed by atoms with Crippen LogP contribution in [0.1, 0.15) is 35.7 Å². The molecule has 25 heavy (non-hydrogen) atoms. The first kappa shape index (κ1) is 17.8. The van der Waals surface area contributed by atoms with E-state index in [0.29, 0.717) is 21.3 Å². The second-order valence-electron chi connectivity index (χ2n) is 6.04. The molecule has 1 aromatic heterocycles. The van der Waals surface area contributed by atoms with Gasteiger partial charge in [-0.25, -0.2) is 4.98 Å². The zero-order chi connectivity index (χ0) is 18.0. The third kappa shape index (κ3) is 3.65. The summed E-state index contributed by atoms with van der Waals surface area (Å²) in [5, 5.41) is 13.1. The van der Waals surface area contributed by atoms with Crippen molar-refractivity contribution in [3.05, 3.63) is 51.7 Å². The van der Waals surface area contributed by atoms with Gasteiger partial charge in [-0.2, -0.15) is 5.26 Å². The molecule has 1 unspecified atom stereocenters. The smallest absolute Gasteiger partial charge is 0.237 e. The number of anilines is 1. The Labute approximate surface area is 156 Å². The summed E-state index contributed by atoms with van der Waals surface area (Å²) in [6.07, 6.45) is 3.00. The second kappa shape index (κ2) is 7.47. The van der Waals surface area contributed by atoms with Crippen molar-refractivity contribution in [1.29, 1.82) is 5.26 Å². The van der Waals surface area contributed by atoms with E-state index in [1.807, 2.05) is 26.0 Å². The Morgan fingerprint density at radius 1 is 1.40 bits per heavy atom. The molecule has 1 atom stereocenters. The molecule has 1 N–H and O–H groups in total. The fraction of sp³-hybridized carbons (Fsp3) is 0.316. The van der Waals surface area contributed by atoms with Crippen LogP contribution in [-0.2, 0) is 17.6 Å². The van der Waals surface area contributed by atoms with Gasteiger partial charge in [-0.1, -0.05) is 35.5 Å². The SMILES string of the molecule is Cc1c(C#N)c(SC(C)C(=O)Nc2ccccc2Cl)nc2c1CCC2. The average Bonchev–Trinajstić information content (AvgIpc) is 3.06. The molecule has 0 radical (unpaired) electrons. The number of nitrogens with one attached hydrogen (secondary N) is 1. The highest BCUT2D eigenvalue weighted by Crippen LogP contribution is 2.33. The van der Waals surface area contributed by atoms with E-state index in [1.165, 1.54) is 17.3 Å². The van der Waals surface area contributed by atoms with Gasteiger partial charge in [-0.3, -0.25) is 4.79 Å². The number of aryl methyl sites for hydroxylation is 1. The Balaban J connectivity index is 1.80. The number of hydrogen-bond donors (Lipinski definition) is 1. The number of nitriles is 1. The largest absolute Gasteiger partial charge is 0.324 e. The number of rotatable bonds is 4. The molecule has 1 amide bonds. The van der Waals surface area contributed by atoms with Crippen molar-refractivity contribution in [1.82, 2.24) is 4.98 Å². The molecule has 0 fully saturated rings. The molecule has 0 saturated heterocycles. The Bertz CT molecular complexity index is 876. The second-order valence-corrected chi connectivity index (χ2v) is 7.77. The predicted molar refractivity (Wildman–Crippen MR) is 101 cm³/mol. The normalized spacial score (nSPS) is 13.8. The molecule has 1 aliphatic carbocycles. The molecule has 0 spiro atoms. The van der Waals surface area contributed by atoms with E-state index in [0.717, 1.165) is 30.5 Å². The van der Waals surface area contributed by atoms with Gasteiger partial charge < -0.3 is 5.32 Å². The Hall–Kier alpha value is -2.03. The summed E-state index contributed by atoms with van der Waals surface area (Å²) < 4.78 is 0. The van der Waals surface area contributed by atoms with E-state index in [1.54, 1.807) is 12.1 Å². The molecule has 1 heterocycles. The van der Waals surface area contributed by atoms with Gasteiger partial charge in [0, 0.05) is 5.69 Å². The number of carbonyl (C=O) groups is 1. The number of fused-ring (bicyclic) bond motifs is 1. The number of nitrogens with zero attached hydrogens (tertiary/aromatic N) is 2. The van der Waals surface area contributed by atoms with E-state index in [4.69, 9.17) is 11.6 Å². The van der Waals surface area contributed by atoms with Gasteiger partial charge in [-0.05, 0) is 56.4 Å². The van der Waals surface area contributed by atoms with Crippen molar-refractivity contribution >= 4 is 35.0 Å². The van der Waals surface area contributed by atoms with Crippen LogP contribution in [0, 0.1) is 18.3 Å². The van der Waals surface area contributed by atoms with Gasteiger partial charge in [0.25, 0.3) is 0 Å². The van der Waals surface area contributed by atoms with E-state index >= 15 is 0 Å². The van der Waals surface area contributed by atoms with Crippen LogP contribution in [-0.4, -0.2) is 16.1 Å². The molecule has 4 nitrogen and oxygen atoms in total. The van der Waals surface area contributed by atoms with Crippen molar-refractivity contribution < 1.29 is 4.79 Å². The van der Waals surface area contributed by atoms with Gasteiger partial charge in [0.15, 0.2) is 0 Å².